The summed E-state index contributed by atoms with van der Waals surface area (Å²) in [5.74, 6) is 0. The first kappa shape index (κ1) is 11.9. The van der Waals surface area contributed by atoms with E-state index < -0.39 is 0 Å². The molecule has 18 heavy (non-hydrogen) atoms. The van der Waals surface area contributed by atoms with Crippen molar-refractivity contribution in [2.45, 2.75) is 0 Å². The molecular weight excluding hydrogens is 222 g/mol. The Morgan fingerprint density at radius 3 is 2.44 bits per heavy atom. The molecule has 0 saturated carbocycles. The molecule has 0 bridgehead atoms. The number of hydrogen-bond acceptors (Lipinski definition) is 2. The lowest BCUT2D eigenvalue weighted by Crippen LogP contribution is -1.86. The van der Waals surface area contributed by atoms with Gasteiger partial charge in [-0.15, -0.1) is 0 Å². The lowest BCUT2D eigenvalue weighted by atomic mass is 10.2. The molecule has 3 aromatic rings. The number of aromatic amines is 1. The van der Waals surface area contributed by atoms with Crippen LogP contribution in [0.3, 0.4) is 0 Å². The zero-order chi connectivity index (χ0) is 12.8. The van der Waals surface area contributed by atoms with Crippen molar-refractivity contribution >= 4 is 22.8 Å². The maximum Gasteiger partial charge on any atom is 0.0931 e. The second-order valence-corrected chi connectivity index (χ2v) is 3.75. The van der Waals surface area contributed by atoms with E-state index in [2.05, 4.69) is 16.5 Å². The molecule has 3 nitrogen and oxygen atoms in total. The summed E-state index contributed by atoms with van der Waals surface area (Å²) in [6.07, 6.45) is 3.44. The second kappa shape index (κ2) is 5.68. The highest BCUT2D eigenvalue weighted by Crippen LogP contribution is 2.10. The number of nitrogens with two attached hydrogens (primary N) is 1. The van der Waals surface area contributed by atoms with Crippen LogP contribution in [0.15, 0.2) is 61.4 Å². The monoisotopic (exact) mass is 237 g/mol. The fraction of sp³-hybridized carbons (Fsp3) is 0. The van der Waals surface area contributed by atoms with Crippen molar-refractivity contribution in [3.8, 4) is 0 Å². The van der Waals surface area contributed by atoms with Crippen molar-refractivity contribution in [2.75, 3.05) is 5.73 Å². The van der Waals surface area contributed by atoms with E-state index in [1.807, 2.05) is 48.5 Å². The number of H-pyrrole nitrogens is 1. The molecular formula is C15H15N3. The largest absolute Gasteiger partial charge is 0.398 e. The molecule has 0 amide bonds. The number of anilines is 1. The quantitative estimate of drug-likeness (QED) is 0.637. The maximum atomic E-state index is 5.56. The molecule has 90 valence electrons. The highest BCUT2D eigenvalue weighted by atomic mass is 14.9. The number of nitrogens with zero attached hydrogens (tertiary/aromatic N) is 1. The topological polar surface area (TPSA) is 54.7 Å². The Hall–Kier alpha value is -2.55. The van der Waals surface area contributed by atoms with Crippen LogP contribution in [0.2, 0.25) is 0 Å². The minimum absolute atomic E-state index is 0.785. The summed E-state index contributed by atoms with van der Waals surface area (Å²) in [6, 6.07) is 15.6. The number of fused-ring (bicyclic) bond motifs is 1. The van der Waals surface area contributed by atoms with Gasteiger partial charge >= 0.3 is 0 Å². The van der Waals surface area contributed by atoms with E-state index >= 15 is 0 Å². The van der Waals surface area contributed by atoms with Gasteiger partial charge in [0.25, 0.3) is 0 Å². The number of aromatic nitrogens is 2. The van der Waals surface area contributed by atoms with Gasteiger partial charge in [0.05, 0.1) is 17.4 Å². The zero-order valence-corrected chi connectivity index (χ0v) is 10.0. The minimum atomic E-state index is 0.785. The summed E-state index contributed by atoms with van der Waals surface area (Å²) in [5.41, 5.74) is 9.46. The van der Waals surface area contributed by atoms with Crippen molar-refractivity contribution in [1.82, 2.24) is 9.97 Å². The average molecular weight is 237 g/mol. The van der Waals surface area contributed by atoms with Crippen molar-refractivity contribution in [3.05, 3.63) is 67.0 Å². The van der Waals surface area contributed by atoms with Gasteiger partial charge in [0, 0.05) is 5.69 Å². The third-order valence-electron chi connectivity index (χ3n) is 2.54. The van der Waals surface area contributed by atoms with Crippen molar-refractivity contribution in [1.29, 1.82) is 0 Å². The smallest absolute Gasteiger partial charge is 0.0931 e. The minimum Gasteiger partial charge on any atom is -0.398 e. The summed E-state index contributed by atoms with van der Waals surface area (Å²) in [6.45, 7) is 3.61. The van der Waals surface area contributed by atoms with Crippen LogP contribution in [0, 0.1) is 0 Å². The summed E-state index contributed by atoms with van der Waals surface area (Å²) in [4.78, 5) is 7.07. The van der Waals surface area contributed by atoms with Crippen molar-refractivity contribution in [3.63, 3.8) is 0 Å². The Bertz CT molecular complexity index is 611. The average Bonchev–Trinajstić information content (AvgIpc) is 2.88. The molecule has 3 N–H and O–H groups in total. The van der Waals surface area contributed by atoms with Crippen LogP contribution in [0.1, 0.15) is 5.56 Å². The third kappa shape index (κ3) is 2.77. The summed E-state index contributed by atoms with van der Waals surface area (Å²) < 4.78 is 0. The molecule has 0 spiro atoms. The van der Waals surface area contributed by atoms with Gasteiger partial charge < -0.3 is 10.7 Å². The number of rotatable bonds is 1. The number of benzene rings is 2. The number of nitrogens with one attached hydrogen (secondary N) is 1. The third-order valence-corrected chi connectivity index (χ3v) is 2.54. The van der Waals surface area contributed by atoms with Gasteiger partial charge in [-0.05, 0) is 23.8 Å². The molecule has 2 aromatic carbocycles. The van der Waals surface area contributed by atoms with Crippen LogP contribution in [0.25, 0.3) is 17.1 Å². The van der Waals surface area contributed by atoms with Crippen molar-refractivity contribution < 1.29 is 0 Å². The molecule has 3 heteroatoms. The molecule has 0 unspecified atom stereocenters. The van der Waals surface area contributed by atoms with Crippen molar-refractivity contribution in [2.24, 2.45) is 0 Å². The van der Waals surface area contributed by atoms with E-state index in [0.717, 1.165) is 22.3 Å². The molecule has 0 atom stereocenters. The fourth-order valence-corrected chi connectivity index (χ4v) is 1.58. The van der Waals surface area contributed by atoms with E-state index in [1.165, 1.54) is 0 Å². The van der Waals surface area contributed by atoms with Gasteiger partial charge in [0.1, 0.15) is 0 Å². The van der Waals surface area contributed by atoms with Gasteiger partial charge in [-0.25, -0.2) is 4.98 Å². The lowest BCUT2D eigenvalue weighted by molar-refractivity contribution is 1.34. The number of para-hydroxylation sites is 3. The number of nitrogen functional groups attached to an aromatic ring is 1. The predicted molar refractivity (Wildman–Crippen MR) is 77.0 cm³/mol. The molecule has 0 fully saturated rings. The first-order chi connectivity index (χ1) is 8.81. The SMILES string of the molecule is C=Cc1ccccc1N.c1ccc2[nH]cnc2c1. The van der Waals surface area contributed by atoms with Crippen LogP contribution >= 0.6 is 0 Å². The Kier molecular flexibility index (Phi) is 3.76. The van der Waals surface area contributed by atoms with Crippen LogP contribution in [0.5, 0.6) is 0 Å². The summed E-state index contributed by atoms with van der Waals surface area (Å²) in [5, 5.41) is 0. The predicted octanol–water partition coefficient (Wildman–Crippen LogP) is 3.47. The molecule has 1 aromatic heterocycles. The first-order valence-corrected chi connectivity index (χ1v) is 5.66. The highest BCUT2D eigenvalue weighted by Gasteiger charge is 1.88. The van der Waals surface area contributed by atoms with E-state index in [-0.39, 0.29) is 0 Å². The molecule has 0 saturated heterocycles. The van der Waals surface area contributed by atoms with Gasteiger partial charge in [-0.2, -0.15) is 0 Å². The van der Waals surface area contributed by atoms with Gasteiger partial charge in [-0.3, -0.25) is 0 Å². The Morgan fingerprint density at radius 1 is 1.06 bits per heavy atom. The normalized spacial score (nSPS) is 9.56. The maximum absolute atomic E-state index is 5.56. The Balaban J connectivity index is 0.000000134. The molecule has 0 radical (unpaired) electrons. The first-order valence-electron chi connectivity index (χ1n) is 5.66. The molecule has 1 heterocycles. The molecule has 0 aliphatic carbocycles. The second-order valence-electron chi connectivity index (χ2n) is 3.75. The molecule has 3 rings (SSSR count). The van der Waals surface area contributed by atoms with Gasteiger partial charge in [0.15, 0.2) is 0 Å². The summed E-state index contributed by atoms with van der Waals surface area (Å²) >= 11 is 0. The molecule has 0 aliphatic rings. The standard InChI is InChI=1S/C8H9N.C7H6N2/c1-2-7-5-3-4-6-8(7)9;1-2-4-7-6(3-1)8-5-9-7/h2-6H,1,9H2;1-5H,(H,8,9). The van der Waals surface area contributed by atoms with Crippen LogP contribution < -0.4 is 5.73 Å². The Labute approximate surface area is 106 Å². The summed E-state index contributed by atoms with van der Waals surface area (Å²) in [7, 11) is 0. The van der Waals surface area contributed by atoms with Gasteiger partial charge in [0.2, 0.25) is 0 Å². The number of hydrogen-bond donors (Lipinski definition) is 2. The lowest BCUT2D eigenvalue weighted by Gasteiger charge is -1.95. The van der Waals surface area contributed by atoms with E-state index in [4.69, 9.17) is 5.73 Å². The molecule has 0 aliphatic heterocycles. The fourth-order valence-electron chi connectivity index (χ4n) is 1.58. The van der Waals surface area contributed by atoms with E-state index in [1.54, 1.807) is 12.4 Å². The number of imidazole rings is 1. The zero-order valence-electron chi connectivity index (χ0n) is 10.0. The highest BCUT2D eigenvalue weighted by molar-refractivity contribution is 5.73. The van der Waals surface area contributed by atoms with Crippen LogP contribution in [0.4, 0.5) is 5.69 Å². The van der Waals surface area contributed by atoms with E-state index in [9.17, 15) is 0 Å². The Morgan fingerprint density at radius 2 is 1.78 bits per heavy atom. The van der Waals surface area contributed by atoms with Gasteiger partial charge in [-0.1, -0.05) is 43.0 Å². The van der Waals surface area contributed by atoms with Crippen LogP contribution in [-0.4, -0.2) is 9.97 Å². The van der Waals surface area contributed by atoms with E-state index in [0.29, 0.717) is 0 Å². The van der Waals surface area contributed by atoms with Crippen LogP contribution in [-0.2, 0) is 0 Å².